The zero-order valence-electron chi connectivity index (χ0n) is 11.5. The van der Waals surface area contributed by atoms with Gasteiger partial charge in [-0.1, -0.05) is 25.1 Å². The Morgan fingerprint density at radius 1 is 1.16 bits per heavy atom. The average molecular weight is 256 g/mol. The van der Waals surface area contributed by atoms with Crippen molar-refractivity contribution in [3.05, 3.63) is 59.4 Å². The van der Waals surface area contributed by atoms with E-state index in [-0.39, 0.29) is 6.04 Å². The SMILES string of the molecule is CC[C@H](N)c1ccc(OCc2cccc(C)n2)cc1. The monoisotopic (exact) mass is 256 g/mol. The summed E-state index contributed by atoms with van der Waals surface area (Å²) in [5.74, 6) is 0.843. The molecule has 0 bridgehead atoms. The summed E-state index contributed by atoms with van der Waals surface area (Å²) in [6.07, 6.45) is 0.938. The Balaban J connectivity index is 1.96. The molecule has 2 aromatic rings. The number of nitrogens with two attached hydrogens (primary N) is 1. The number of rotatable bonds is 5. The Hall–Kier alpha value is -1.87. The third-order valence-electron chi connectivity index (χ3n) is 3.08. The quantitative estimate of drug-likeness (QED) is 0.892. The van der Waals surface area contributed by atoms with Gasteiger partial charge in [-0.2, -0.15) is 0 Å². The van der Waals surface area contributed by atoms with Crippen LogP contribution in [0.5, 0.6) is 5.75 Å². The van der Waals surface area contributed by atoms with Crippen LogP contribution >= 0.6 is 0 Å². The summed E-state index contributed by atoms with van der Waals surface area (Å²) in [5, 5.41) is 0. The summed E-state index contributed by atoms with van der Waals surface area (Å²) in [5.41, 5.74) is 9.06. The number of aryl methyl sites for hydroxylation is 1. The van der Waals surface area contributed by atoms with Crippen molar-refractivity contribution in [2.45, 2.75) is 32.9 Å². The molecule has 0 amide bonds. The number of nitrogens with zero attached hydrogens (tertiary/aromatic N) is 1. The van der Waals surface area contributed by atoms with Crippen molar-refractivity contribution in [1.29, 1.82) is 0 Å². The fourth-order valence-corrected chi connectivity index (χ4v) is 1.88. The van der Waals surface area contributed by atoms with Crippen LogP contribution in [-0.4, -0.2) is 4.98 Å². The van der Waals surface area contributed by atoms with E-state index in [4.69, 9.17) is 10.5 Å². The van der Waals surface area contributed by atoms with Gasteiger partial charge in [0.2, 0.25) is 0 Å². The van der Waals surface area contributed by atoms with Crippen LogP contribution in [0, 0.1) is 6.92 Å². The molecule has 1 aromatic heterocycles. The van der Waals surface area contributed by atoms with Crippen molar-refractivity contribution >= 4 is 0 Å². The Bertz CT molecular complexity index is 523. The highest BCUT2D eigenvalue weighted by molar-refractivity contribution is 5.29. The van der Waals surface area contributed by atoms with Gasteiger partial charge in [0.1, 0.15) is 12.4 Å². The van der Waals surface area contributed by atoms with Crippen LogP contribution < -0.4 is 10.5 Å². The smallest absolute Gasteiger partial charge is 0.130 e. The summed E-state index contributed by atoms with van der Waals surface area (Å²) in [7, 11) is 0. The second-order valence-electron chi connectivity index (χ2n) is 4.64. The summed E-state index contributed by atoms with van der Waals surface area (Å²) in [6, 6.07) is 14.0. The van der Waals surface area contributed by atoms with Crippen molar-refractivity contribution < 1.29 is 4.74 Å². The lowest BCUT2D eigenvalue weighted by Crippen LogP contribution is -2.08. The average Bonchev–Trinajstić information content (AvgIpc) is 2.45. The molecule has 0 saturated carbocycles. The fourth-order valence-electron chi connectivity index (χ4n) is 1.88. The molecule has 0 spiro atoms. The second kappa shape index (κ2) is 6.34. The zero-order chi connectivity index (χ0) is 13.7. The molecule has 100 valence electrons. The van der Waals surface area contributed by atoms with E-state index < -0.39 is 0 Å². The highest BCUT2D eigenvalue weighted by Crippen LogP contribution is 2.18. The Labute approximate surface area is 114 Å². The summed E-state index contributed by atoms with van der Waals surface area (Å²) in [6.45, 7) is 4.55. The topological polar surface area (TPSA) is 48.1 Å². The number of pyridine rings is 1. The molecule has 2 rings (SSSR count). The Morgan fingerprint density at radius 2 is 1.89 bits per heavy atom. The van der Waals surface area contributed by atoms with Gasteiger partial charge in [-0.05, 0) is 43.2 Å². The summed E-state index contributed by atoms with van der Waals surface area (Å²) >= 11 is 0. The predicted molar refractivity (Wildman–Crippen MR) is 77.0 cm³/mol. The lowest BCUT2D eigenvalue weighted by molar-refractivity contribution is 0.301. The first-order valence-corrected chi connectivity index (χ1v) is 6.60. The molecule has 0 aliphatic carbocycles. The number of benzene rings is 1. The van der Waals surface area contributed by atoms with Crippen LogP contribution in [0.25, 0.3) is 0 Å². The summed E-state index contributed by atoms with van der Waals surface area (Å²) in [4.78, 5) is 4.40. The fraction of sp³-hybridized carbons (Fsp3) is 0.312. The minimum Gasteiger partial charge on any atom is -0.487 e. The highest BCUT2D eigenvalue weighted by atomic mass is 16.5. The van der Waals surface area contributed by atoms with Crippen LogP contribution in [0.1, 0.15) is 36.3 Å². The van der Waals surface area contributed by atoms with E-state index in [9.17, 15) is 0 Å². The van der Waals surface area contributed by atoms with E-state index in [1.807, 2.05) is 49.4 Å². The first-order chi connectivity index (χ1) is 9.19. The van der Waals surface area contributed by atoms with Crippen LogP contribution in [0.3, 0.4) is 0 Å². The van der Waals surface area contributed by atoms with Crippen molar-refractivity contribution in [3.8, 4) is 5.75 Å². The molecule has 0 fully saturated rings. The maximum atomic E-state index is 5.98. The molecule has 0 saturated heterocycles. The molecule has 0 aliphatic heterocycles. The maximum Gasteiger partial charge on any atom is 0.130 e. The minimum atomic E-state index is 0.104. The molecule has 1 aromatic carbocycles. The number of aromatic nitrogens is 1. The Kier molecular flexibility index (Phi) is 4.53. The maximum absolute atomic E-state index is 5.98. The normalized spacial score (nSPS) is 12.2. The van der Waals surface area contributed by atoms with Crippen molar-refractivity contribution in [2.24, 2.45) is 5.73 Å². The zero-order valence-corrected chi connectivity index (χ0v) is 11.5. The van der Waals surface area contributed by atoms with Gasteiger partial charge in [-0.3, -0.25) is 4.98 Å². The second-order valence-corrected chi connectivity index (χ2v) is 4.64. The molecule has 0 unspecified atom stereocenters. The number of hydrogen-bond donors (Lipinski definition) is 1. The molecule has 0 radical (unpaired) electrons. The molecule has 2 N–H and O–H groups in total. The molecule has 3 nitrogen and oxygen atoms in total. The van der Waals surface area contributed by atoms with E-state index >= 15 is 0 Å². The van der Waals surface area contributed by atoms with E-state index in [0.29, 0.717) is 6.61 Å². The number of ether oxygens (including phenoxy) is 1. The largest absolute Gasteiger partial charge is 0.487 e. The third kappa shape index (κ3) is 3.80. The van der Waals surface area contributed by atoms with E-state index in [2.05, 4.69) is 11.9 Å². The Morgan fingerprint density at radius 3 is 2.53 bits per heavy atom. The molecule has 19 heavy (non-hydrogen) atoms. The van der Waals surface area contributed by atoms with Crippen LogP contribution in [-0.2, 0) is 6.61 Å². The standard InChI is InChI=1S/C16H20N2O/c1-3-16(17)13-7-9-15(10-8-13)19-11-14-6-4-5-12(2)18-14/h4-10,16H,3,11,17H2,1-2H3/t16-/m0/s1. The first-order valence-electron chi connectivity index (χ1n) is 6.60. The lowest BCUT2D eigenvalue weighted by Gasteiger charge is -2.10. The van der Waals surface area contributed by atoms with Gasteiger partial charge in [-0.15, -0.1) is 0 Å². The third-order valence-corrected chi connectivity index (χ3v) is 3.08. The van der Waals surface area contributed by atoms with E-state index in [1.54, 1.807) is 0 Å². The van der Waals surface area contributed by atoms with E-state index in [1.165, 1.54) is 0 Å². The molecule has 3 heteroatoms. The molecule has 1 atom stereocenters. The van der Waals surface area contributed by atoms with Gasteiger partial charge < -0.3 is 10.5 Å². The highest BCUT2D eigenvalue weighted by Gasteiger charge is 2.03. The lowest BCUT2D eigenvalue weighted by atomic mass is 10.1. The van der Waals surface area contributed by atoms with Crippen molar-refractivity contribution in [3.63, 3.8) is 0 Å². The van der Waals surface area contributed by atoms with Crippen LogP contribution in [0.15, 0.2) is 42.5 Å². The molecule has 1 heterocycles. The number of hydrogen-bond acceptors (Lipinski definition) is 3. The molecular formula is C16H20N2O. The van der Waals surface area contributed by atoms with Crippen LogP contribution in [0.4, 0.5) is 0 Å². The van der Waals surface area contributed by atoms with Gasteiger partial charge in [-0.25, -0.2) is 0 Å². The summed E-state index contributed by atoms with van der Waals surface area (Å²) < 4.78 is 5.71. The predicted octanol–water partition coefficient (Wildman–Crippen LogP) is 3.38. The minimum absolute atomic E-state index is 0.104. The van der Waals surface area contributed by atoms with Gasteiger partial charge in [0.25, 0.3) is 0 Å². The van der Waals surface area contributed by atoms with Crippen molar-refractivity contribution in [1.82, 2.24) is 4.98 Å². The van der Waals surface area contributed by atoms with Gasteiger partial charge in [0.05, 0.1) is 5.69 Å². The van der Waals surface area contributed by atoms with Crippen LogP contribution in [0.2, 0.25) is 0 Å². The van der Waals surface area contributed by atoms with E-state index in [0.717, 1.165) is 29.1 Å². The first kappa shape index (κ1) is 13.6. The van der Waals surface area contributed by atoms with Gasteiger partial charge in [0, 0.05) is 11.7 Å². The molecule has 0 aliphatic rings. The molecular weight excluding hydrogens is 236 g/mol. The van der Waals surface area contributed by atoms with Gasteiger partial charge in [0.15, 0.2) is 0 Å². The van der Waals surface area contributed by atoms with Crippen molar-refractivity contribution in [2.75, 3.05) is 0 Å². The van der Waals surface area contributed by atoms with Gasteiger partial charge >= 0.3 is 0 Å².